The summed E-state index contributed by atoms with van der Waals surface area (Å²) in [5.41, 5.74) is 0. The maximum Gasteiger partial charge on any atom is 1.00 e. The summed E-state index contributed by atoms with van der Waals surface area (Å²) in [4.78, 5) is 0. The minimum Gasteiger partial charge on any atom is -0.425 e. The number of hydrogen-bond acceptors (Lipinski definition) is 1. The molecule has 0 aliphatic carbocycles. The Kier molecular flexibility index (Phi) is 23.2. The molecule has 0 heterocycles. The Morgan fingerprint density at radius 3 is 2.00 bits per heavy atom. The van der Waals surface area contributed by atoms with Crippen LogP contribution >= 0.6 is 0 Å². The molecule has 0 bridgehead atoms. The van der Waals surface area contributed by atoms with Gasteiger partial charge in [-0.25, -0.2) is 0 Å². The van der Waals surface area contributed by atoms with Crippen molar-refractivity contribution in [3.8, 4) is 0 Å². The van der Waals surface area contributed by atoms with Gasteiger partial charge in [-0.15, -0.1) is 0 Å². The van der Waals surface area contributed by atoms with Crippen LogP contribution in [-0.4, -0.2) is 11.2 Å². The third-order valence-corrected chi connectivity index (χ3v) is 0.577. The number of aliphatic hydroxyl groups is 1. The maximum atomic E-state index is 8.50. The molecule has 0 aromatic rings. The second kappa shape index (κ2) is 11.4. The first-order valence-corrected chi connectivity index (χ1v) is 2.28. The molecule has 1 nitrogen and oxygen atoms in total. The van der Waals surface area contributed by atoms with E-state index >= 15 is 0 Å². The molecule has 8 heavy (non-hydrogen) atoms. The van der Waals surface area contributed by atoms with Crippen LogP contribution < -0.4 is 51.4 Å². The molecular weight excluding hydrogens is 127 g/mol. The van der Waals surface area contributed by atoms with Crippen molar-refractivity contribution in [1.29, 1.82) is 0 Å². The molecule has 0 saturated carbocycles. The topological polar surface area (TPSA) is 20.2 Å². The van der Waals surface area contributed by atoms with Crippen LogP contribution in [0.15, 0.2) is 0 Å². The SMILES string of the molecule is CC[CH-][C@H](C)O.[CH3-].[K+]. The van der Waals surface area contributed by atoms with Crippen molar-refractivity contribution in [2.45, 2.75) is 26.4 Å². The summed E-state index contributed by atoms with van der Waals surface area (Å²) in [6.45, 7) is 3.76. The van der Waals surface area contributed by atoms with Crippen LogP contribution in [0.25, 0.3) is 0 Å². The van der Waals surface area contributed by atoms with Gasteiger partial charge in [0.15, 0.2) is 0 Å². The van der Waals surface area contributed by atoms with Gasteiger partial charge in [-0.05, 0) is 0 Å². The number of hydrogen-bond donors (Lipinski definition) is 1. The van der Waals surface area contributed by atoms with Crippen molar-refractivity contribution in [3.05, 3.63) is 13.8 Å². The molecule has 0 aliphatic rings. The van der Waals surface area contributed by atoms with Crippen molar-refractivity contribution in [2.75, 3.05) is 0 Å². The van der Waals surface area contributed by atoms with Gasteiger partial charge in [0.1, 0.15) is 0 Å². The van der Waals surface area contributed by atoms with Gasteiger partial charge in [-0.1, -0.05) is 20.0 Å². The van der Waals surface area contributed by atoms with Gasteiger partial charge in [0.2, 0.25) is 0 Å². The minimum absolute atomic E-state index is 0. The molecular formula is C6H14KO-. The first kappa shape index (κ1) is 16.3. The Bertz CT molecular complexity index is 29.7. The first-order valence-electron chi connectivity index (χ1n) is 2.28. The predicted molar refractivity (Wildman–Crippen MR) is 32.7 cm³/mol. The van der Waals surface area contributed by atoms with Crippen molar-refractivity contribution in [2.24, 2.45) is 0 Å². The summed E-state index contributed by atoms with van der Waals surface area (Å²) in [5.74, 6) is 0. The van der Waals surface area contributed by atoms with E-state index in [1.807, 2.05) is 13.3 Å². The van der Waals surface area contributed by atoms with Gasteiger partial charge in [0, 0.05) is 0 Å². The quantitative estimate of drug-likeness (QED) is 0.364. The third-order valence-electron chi connectivity index (χ3n) is 0.577. The van der Waals surface area contributed by atoms with Crippen LogP contribution in [-0.2, 0) is 0 Å². The van der Waals surface area contributed by atoms with Crippen LogP contribution in [0.5, 0.6) is 0 Å². The first-order chi connectivity index (χ1) is 2.77. The molecule has 0 rings (SSSR count). The van der Waals surface area contributed by atoms with Gasteiger partial charge >= 0.3 is 51.4 Å². The van der Waals surface area contributed by atoms with Gasteiger partial charge in [-0.2, -0.15) is 6.42 Å². The molecule has 46 valence electrons. The largest absolute Gasteiger partial charge is 1.00 e. The zero-order chi connectivity index (χ0) is 4.99. The van der Waals surface area contributed by atoms with Crippen LogP contribution in [0.2, 0.25) is 0 Å². The van der Waals surface area contributed by atoms with Gasteiger partial charge in [0.25, 0.3) is 0 Å². The molecule has 0 spiro atoms. The Morgan fingerprint density at radius 1 is 1.62 bits per heavy atom. The van der Waals surface area contributed by atoms with E-state index in [1.54, 1.807) is 6.92 Å². The molecule has 0 fully saturated rings. The van der Waals surface area contributed by atoms with E-state index in [2.05, 4.69) is 0 Å². The third kappa shape index (κ3) is 15.6. The van der Waals surface area contributed by atoms with Crippen LogP contribution in [0.3, 0.4) is 0 Å². The fourth-order valence-corrected chi connectivity index (χ4v) is 0.341. The van der Waals surface area contributed by atoms with Crippen LogP contribution in [0.4, 0.5) is 0 Å². The normalized spacial score (nSPS) is 10.9. The van der Waals surface area contributed by atoms with E-state index in [4.69, 9.17) is 5.11 Å². The minimum atomic E-state index is -0.227. The molecule has 0 aromatic heterocycles. The Balaban J connectivity index is -0.000000125. The molecule has 0 unspecified atom stereocenters. The monoisotopic (exact) mass is 141 g/mol. The van der Waals surface area contributed by atoms with E-state index in [9.17, 15) is 0 Å². The Labute approximate surface area is 95.3 Å². The zero-order valence-corrected chi connectivity index (χ0v) is 9.43. The standard InChI is InChI=1S/C5H11O.CH3.K/c1-3-4-5(2)6;;/h4-6H,3H2,1-2H3;1H3;/q2*-1;+1/t5-;;/m0../s1. The van der Waals surface area contributed by atoms with Crippen molar-refractivity contribution in [1.82, 2.24) is 0 Å². The van der Waals surface area contributed by atoms with Crippen molar-refractivity contribution >= 4 is 0 Å². The van der Waals surface area contributed by atoms with E-state index in [1.165, 1.54) is 0 Å². The fraction of sp³-hybridized carbons (Fsp3) is 0.667. The Morgan fingerprint density at radius 2 is 2.00 bits per heavy atom. The molecule has 0 radical (unpaired) electrons. The molecule has 2 heteroatoms. The smallest absolute Gasteiger partial charge is 0.425 e. The average Bonchev–Trinajstić information content (AvgIpc) is 1.35. The summed E-state index contributed by atoms with van der Waals surface area (Å²) in [6, 6.07) is 0. The maximum absolute atomic E-state index is 8.50. The molecule has 0 amide bonds. The fourth-order valence-electron chi connectivity index (χ4n) is 0.341. The van der Waals surface area contributed by atoms with E-state index in [0.717, 1.165) is 6.42 Å². The van der Waals surface area contributed by atoms with Crippen molar-refractivity contribution < 1.29 is 56.5 Å². The van der Waals surface area contributed by atoms with Crippen molar-refractivity contribution in [3.63, 3.8) is 0 Å². The number of rotatable bonds is 2. The molecule has 1 atom stereocenters. The Hall–Kier alpha value is 1.60. The van der Waals surface area contributed by atoms with Gasteiger partial charge < -0.3 is 19.0 Å². The number of aliphatic hydroxyl groups excluding tert-OH is 1. The van der Waals surface area contributed by atoms with Crippen LogP contribution in [0, 0.1) is 13.8 Å². The van der Waals surface area contributed by atoms with Gasteiger partial charge in [-0.3, -0.25) is 0 Å². The summed E-state index contributed by atoms with van der Waals surface area (Å²) in [6.07, 6.45) is 2.58. The van der Waals surface area contributed by atoms with Gasteiger partial charge in [0.05, 0.1) is 0 Å². The van der Waals surface area contributed by atoms with Crippen LogP contribution in [0.1, 0.15) is 20.3 Å². The van der Waals surface area contributed by atoms with E-state index in [-0.39, 0.29) is 64.9 Å². The zero-order valence-electron chi connectivity index (χ0n) is 6.31. The second-order valence-electron chi connectivity index (χ2n) is 1.38. The molecule has 0 aliphatic heterocycles. The summed E-state index contributed by atoms with van der Waals surface area (Å²) >= 11 is 0. The molecule has 0 saturated heterocycles. The van der Waals surface area contributed by atoms with E-state index < -0.39 is 0 Å². The predicted octanol–water partition coefficient (Wildman–Crippen LogP) is -1.56. The molecule has 0 aromatic carbocycles. The molecule has 1 N–H and O–H groups in total. The summed E-state index contributed by atoms with van der Waals surface area (Å²) in [5, 5.41) is 8.50. The summed E-state index contributed by atoms with van der Waals surface area (Å²) in [7, 11) is 0. The van der Waals surface area contributed by atoms with E-state index in [0.29, 0.717) is 0 Å². The summed E-state index contributed by atoms with van der Waals surface area (Å²) < 4.78 is 0. The second-order valence-corrected chi connectivity index (χ2v) is 1.38. The average molecular weight is 141 g/mol.